The standard InChI is InChI=1S/C5H14N2O/c1-4(2)3-5(6,7)8/h4,8H,3,6-7H2,1-2H3. The van der Waals surface area contributed by atoms with Gasteiger partial charge in [-0.15, -0.1) is 0 Å². The highest BCUT2D eigenvalue weighted by atomic mass is 16.3. The molecular weight excluding hydrogens is 104 g/mol. The Morgan fingerprint density at radius 2 is 1.88 bits per heavy atom. The van der Waals surface area contributed by atoms with Crippen molar-refractivity contribution in [2.45, 2.75) is 26.1 Å². The molecule has 0 saturated heterocycles. The molecule has 0 aliphatic carbocycles. The first kappa shape index (κ1) is 7.88. The third-order valence-corrected chi connectivity index (χ3v) is 0.735. The van der Waals surface area contributed by atoms with E-state index >= 15 is 0 Å². The molecule has 0 aromatic heterocycles. The van der Waals surface area contributed by atoms with Gasteiger partial charge in [-0.05, 0) is 5.92 Å². The molecule has 50 valence electrons. The molecule has 5 N–H and O–H groups in total. The van der Waals surface area contributed by atoms with E-state index in [1.807, 2.05) is 13.8 Å². The van der Waals surface area contributed by atoms with E-state index in [4.69, 9.17) is 16.6 Å². The zero-order valence-corrected chi connectivity index (χ0v) is 5.39. The van der Waals surface area contributed by atoms with Gasteiger partial charge in [0.05, 0.1) is 0 Å². The summed E-state index contributed by atoms with van der Waals surface area (Å²) >= 11 is 0. The SMILES string of the molecule is CC(C)CC(N)(N)O. The molecule has 0 saturated carbocycles. The van der Waals surface area contributed by atoms with E-state index in [9.17, 15) is 0 Å². The predicted octanol–water partition coefficient (Wildman–Crippen LogP) is -0.404. The number of hydrogen-bond donors (Lipinski definition) is 3. The summed E-state index contributed by atoms with van der Waals surface area (Å²) in [5.74, 6) is -1.14. The number of rotatable bonds is 2. The van der Waals surface area contributed by atoms with E-state index in [0.717, 1.165) is 0 Å². The maximum absolute atomic E-state index is 8.74. The van der Waals surface area contributed by atoms with E-state index in [2.05, 4.69) is 0 Å². The lowest BCUT2D eigenvalue weighted by Gasteiger charge is -2.18. The van der Waals surface area contributed by atoms with Crippen molar-refractivity contribution in [3.05, 3.63) is 0 Å². The van der Waals surface area contributed by atoms with Crippen LogP contribution in [0.15, 0.2) is 0 Å². The van der Waals surface area contributed by atoms with Crippen LogP contribution in [0.25, 0.3) is 0 Å². The van der Waals surface area contributed by atoms with Gasteiger partial charge in [-0.3, -0.25) is 11.5 Å². The van der Waals surface area contributed by atoms with E-state index in [-0.39, 0.29) is 0 Å². The zero-order chi connectivity index (χ0) is 6.78. The molecule has 3 nitrogen and oxygen atoms in total. The minimum atomic E-state index is -1.48. The van der Waals surface area contributed by atoms with Crippen LogP contribution in [-0.2, 0) is 0 Å². The van der Waals surface area contributed by atoms with Gasteiger partial charge in [0.25, 0.3) is 0 Å². The first-order valence-electron chi connectivity index (χ1n) is 2.72. The molecular formula is C5H14N2O. The van der Waals surface area contributed by atoms with Crippen molar-refractivity contribution in [1.82, 2.24) is 0 Å². The van der Waals surface area contributed by atoms with Crippen molar-refractivity contribution < 1.29 is 5.11 Å². The highest BCUT2D eigenvalue weighted by Crippen LogP contribution is 2.04. The van der Waals surface area contributed by atoms with Gasteiger partial charge in [-0.2, -0.15) is 0 Å². The summed E-state index contributed by atoms with van der Waals surface area (Å²) in [6.07, 6.45) is 0.438. The molecule has 0 amide bonds. The summed E-state index contributed by atoms with van der Waals surface area (Å²) in [5.41, 5.74) is 10.1. The quantitative estimate of drug-likeness (QED) is 0.432. The second kappa shape index (κ2) is 2.44. The fourth-order valence-electron chi connectivity index (χ4n) is 0.654. The summed E-state index contributed by atoms with van der Waals surface area (Å²) in [6.45, 7) is 3.90. The van der Waals surface area contributed by atoms with Crippen molar-refractivity contribution in [3.8, 4) is 0 Å². The second-order valence-corrected chi connectivity index (χ2v) is 2.59. The normalized spacial score (nSPS) is 12.8. The van der Waals surface area contributed by atoms with Gasteiger partial charge in [0.1, 0.15) is 0 Å². The molecule has 0 aliphatic rings. The van der Waals surface area contributed by atoms with Crippen molar-refractivity contribution in [3.63, 3.8) is 0 Å². The van der Waals surface area contributed by atoms with Crippen LogP contribution in [0, 0.1) is 5.92 Å². The van der Waals surface area contributed by atoms with Crippen molar-refractivity contribution in [2.75, 3.05) is 0 Å². The maximum atomic E-state index is 8.74. The monoisotopic (exact) mass is 118 g/mol. The molecule has 0 aliphatic heterocycles. The molecule has 0 radical (unpaired) electrons. The Hall–Kier alpha value is -0.120. The molecule has 8 heavy (non-hydrogen) atoms. The molecule has 0 spiro atoms. The lowest BCUT2D eigenvalue weighted by molar-refractivity contribution is 0.0325. The summed E-state index contributed by atoms with van der Waals surface area (Å²) in [7, 11) is 0. The molecule has 0 bridgehead atoms. The highest BCUT2D eigenvalue weighted by Gasteiger charge is 2.14. The van der Waals surface area contributed by atoms with Gasteiger partial charge in [0, 0.05) is 6.42 Å². The van der Waals surface area contributed by atoms with Crippen molar-refractivity contribution in [1.29, 1.82) is 0 Å². The van der Waals surface area contributed by atoms with Gasteiger partial charge in [-0.1, -0.05) is 13.8 Å². The minimum absolute atomic E-state index is 0.343. The minimum Gasteiger partial charge on any atom is -0.363 e. The van der Waals surface area contributed by atoms with Crippen molar-refractivity contribution >= 4 is 0 Å². The first-order valence-corrected chi connectivity index (χ1v) is 2.72. The third kappa shape index (κ3) is 5.88. The molecule has 0 aromatic carbocycles. The van der Waals surface area contributed by atoms with E-state index < -0.39 is 5.85 Å². The van der Waals surface area contributed by atoms with E-state index in [1.54, 1.807) is 0 Å². The Labute approximate surface area is 49.7 Å². The van der Waals surface area contributed by atoms with Crippen LogP contribution in [0.5, 0.6) is 0 Å². The average molecular weight is 118 g/mol. The van der Waals surface area contributed by atoms with Crippen LogP contribution in [0.2, 0.25) is 0 Å². The molecule has 0 heterocycles. The van der Waals surface area contributed by atoms with Crippen LogP contribution in [-0.4, -0.2) is 11.0 Å². The molecule has 0 rings (SSSR count). The average Bonchev–Trinajstić information content (AvgIpc) is 1.21. The fraction of sp³-hybridized carbons (Fsp3) is 1.00. The van der Waals surface area contributed by atoms with E-state index in [1.165, 1.54) is 0 Å². The third-order valence-electron chi connectivity index (χ3n) is 0.735. The van der Waals surface area contributed by atoms with Crippen LogP contribution < -0.4 is 11.5 Å². The summed E-state index contributed by atoms with van der Waals surface area (Å²) in [4.78, 5) is 0. The Morgan fingerprint density at radius 1 is 1.50 bits per heavy atom. The summed E-state index contributed by atoms with van der Waals surface area (Å²) in [6, 6.07) is 0. The second-order valence-electron chi connectivity index (χ2n) is 2.59. The molecule has 0 fully saturated rings. The molecule has 0 unspecified atom stereocenters. The van der Waals surface area contributed by atoms with Crippen LogP contribution in [0.3, 0.4) is 0 Å². The Balaban J connectivity index is 3.39. The molecule has 3 heteroatoms. The van der Waals surface area contributed by atoms with Gasteiger partial charge >= 0.3 is 0 Å². The van der Waals surface area contributed by atoms with Crippen LogP contribution in [0.4, 0.5) is 0 Å². The van der Waals surface area contributed by atoms with Gasteiger partial charge in [-0.25, -0.2) is 0 Å². The van der Waals surface area contributed by atoms with Crippen LogP contribution in [0.1, 0.15) is 20.3 Å². The van der Waals surface area contributed by atoms with Crippen molar-refractivity contribution in [2.24, 2.45) is 17.4 Å². The van der Waals surface area contributed by atoms with Crippen LogP contribution >= 0.6 is 0 Å². The summed E-state index contributed by atoms with van der Waals surface area (Å²) < 4.78 is 0. The largest absolute Gasteiger partial charge is 0.363 e. The van der Waals surface area contributed by atoms with Gasteiger partial charge in [0.2, 0.25) is 0 Å². The maximum Gasteiger partial charge on any atom is 0.166 e. The number of nitrogens with two attached hydrogens (primary N) is 2. The Bertz CT molecular complexity index is 65.3. The number of aliphatic hydroxyl groups is 1. The van der Waals surface area contributed by atoms with Gasteiger partial charge in [0.15, 0.2) is 5.85 Å². The molecule has 0 atom stereocenters. The lowest BCUT2D eigenvalue weighted by Crippen LogP contribution is -2.49. The first-order chi connectivity index (χ1) is 3.42. The Kier molecular flexibility index (Phi) is 2.40. The highest BCUT2D eigenvalue weighted by molar-refractivity contribution is 4.62. The zero-order valence-electron chi connectivity index (χ0n) is 5.39. The number of hydrogen-bond acceptors (Lipinski definition) is 3. The lowest BCUT2D eigenvalue weighted by atomic mass is 10.1. The topological polar surface area (TPSA) is 72.3 Å². The smallest absolute Gasteiger partial charge is 0.166 e. The summed E-state index contributed by atoms with van der Waals surface area (Å²) in [5, 5.41) is 8.74. The molecule has 0 aromatic rings. The fourth-order valence-corrected chi connectivity index (χ4v) is 0.654. The predicted molar refractivity (Wildman–Crippen MR) is 32.8 cm³/mol. The Morgan fingerprint density at radius 3 is 1.88 bits per heavy atom. The van der Waals surface area contributed by atoms with Gasteiger partial charge < -0.3 is 5.11 Å². The van der Waals surface area contributed by atoms with E-state index in [0.29, 0.717) is 12.3 Å².